The Hall–Kier alpha value is -2.44. The first-order valence-corrected chi connectivity index (χ1v) is 6.25. The van der Waals surface area contributed by atoms with Crippen molar-refractivity contribution in [1.82, 2.24) is 4.98 Å². The van der Waals surface area contributed by atoms with E-state index >= 15 is 0 Å². The first-order chi connectivity index (χ1) is 9.90. The highest BCUT2D eigenvalue weighted by Crippen LogP contribution is 2.27. The Morgan fingerprint density at radius 1 is 1.24 bits per heavy atom. The van der Waals surface area contributed by atoms with Gasteiger partial charge in [-0.2, -0.15) is 0 Å². The van der Waals surface area contributed by atoms with Crippen LogP contribution in [-0.4, -0.2) is 33.0 Å². The van der Waals surface area contributed by atoms with Crippen LogP contribution >= 0.6 is 11.6 Å². The Morgan fingerprint density at radius 2 is 1.95 bits per heavy atom. The summed E-state index contributed by atoms with van der Waals surface area (Å²) in [5.74, 6) is -2.88. The van der Waals surface area contributed by atoms with Gasteiger partial charge < -0.3 is 15.9 Å². The van der Waals surface area contributed by atoms with E-state index in [1.54, 1.807) is 24.3 Å². The molecule has 0 aliphatic rings. The molecule has 0 amide bonds. The van der Waals surface area contributed by atoms with Crippen LogP contribution in [0.15, 0.2) is 36.5 Å². The molecule has 1 aromatic heterocycles. The summed E-state index contributed by atoms with van der Waals surface area (Å²) < 4.78 is 0. The zero-order valence-electron chi connectivity index (χ0n) is 10.7. The summed E-state index contributed by atoms with van der Waals surface area (Å²) in [7, 11) is 0. The Labute approximate surface area is 124 Å². The number of pyridine rings is 1. The van der Waals surface area contributed by atoms with Gasteiger partial charge >= 0.3 is 5.97 Å². The number of carbonyl (C=O) groups excluding carboxylic acids is 1. The van der Waals surface area contributed by atoms with Gasteiger partial charge in [0.2, 0.25) is 5.78 Å². The molecule has 0 saturated carbocycles. The average molecular weight is 307 g/mol. The van der Waals surface area contributed by atoms with Crippen LogP contribution < -0.4 is 5.73 Å². The number of nitrogens with zero attached hydrogens (tertiary/aromatic N) is 1. The maximum atomic E-state index is 11.8. The highest BCUT2D eigenvalue weighted by molar-refractivity contribution is 6.30. The number of hydrogen-bond acceptors (Lipinski definition) is 5. The van der Waals surface area contributed by atoms with E-state index in [1.165, 1.54) is 12.3 Å². The fourth-order valence-corrected chi connectivity index (χ4v) is 1.92. The molecule has 0 bridgehead atoms. The fourth-order valence-electron chi connectivity index (χ4n) is 1.73. The number of carboxylic acid groups (broad SMARTS) is 1. The van der Waals surface area contributed by atoms with Crippen LogP contribution in [0.1, 0.15) is 10.5 Å². The predicted molar refractivity (Wildman–Crippen MR) is 76.3 cm³/mol. The summed E-state index contributed by atoms with van der Waals surface area (Å²) in [4.78, 5) is 26.2. The van der Waals surface area contributed by atoms with Crippen molar-refractivity contribution in [2.45, 2.75) is 6.04 Å². The molecule has 0 saturated heterocycles. The first kappa shape index (κ1) is 15.0. The zero-order chi connectivity index (χ0) is 15.6. The fraction of sp³-hybridized carbons (Fsp3) is 0.0714. The molecular weight excluding hydrogens is 296 g/mol. The number of carboxylic acids is 1. The van der Waals surface area contributed by atoms with Crippen molar-refractivity contribution in [3.05, 3.63) is 47.2 Å². The molecular formula is C14H11ClN2O4. The first-order valence-electron chi connectivity index (χ1n) is 5.87. The van der Waals surface area contributed by atoms with Crippen LogP contribution in [0.5, 0.6) is 5.75 Å². The van der Waals surface area contributed by atoms with Crippen LogP contribution in [0.3, 0.4) is 0 Å². The number of aliphatic carboxylic acids is 1. The highest BCUT2D eigenvalue weighted by Gasteiger charge is 2.26. The van der Waals surface area contributed by atoms with E-state index in [1.807, 2.05) is 0 Å². The van der Waals surface area contributed by atoms with Crippen LogP contribution in [0, 0.1) is 0 Å². The monoisotopic (exact) mass is 306 g/mol. The van der Waals surface area contributed by atoms with Crippen molar-refractivity contribution in [2.75, 3.05) is 0 Å². The molecule has 108 valence electrons. The quantitative estimate of drug-likeness (QED) is 0.585. The van der Waals surface area contributed by atoms with Crippen LogP contribution in [-0.2, 0) is 4.79 Å². The minimum Gasteiger partial charge on any atom is -0.506 e. The second kappa shape index (κ2) is 5.90. The number of benzene rings is 1. The Bertz CT molecular complexity index is 718. The smallest absolute Gasteiger partial charge is 0.328 e. The molecule has 6 nitrogen and oxygen atoms in total. The van der Waals surface area contributed by atoms with E-state index in [4.69, 9.17) is 22.4 Å². The molecule has 0 radical (unpaired) electrons. The van der Waals surface area contributed by atoms with Crippen LogP contribution in [0.2, 0.25) is 5.02 Å². The highest BCUT2D eigenvalue weighted by atomic mass is 35.5. The number of ketones is 1. The molecule has 1 aromatic carbocycles. The molecule has 4 N–H and O–H groups in total. The third-order valence-electron chi connectivity index (χ3n) is 2.81. The molecule has 2 rings (SSSR count). The topological polar surface area (TPSA) is 114 Å². The van der Waals surface area contributed by atoms with Crippen molar-refractivity contribution in [1.29, 1.82) is 0 Å². The van der Waals surface area contributed by atoms with Crippen molar-refractivity contribution < 1.29 is 19.8 Å². The number of halogens is 1. The maximum absolute atomic E-state index is 11.8. The lowest BCUT2D eigenvalue weighted by Crippen LogP contribution is -2.38. The van der Waals surface area contributed by atoms with Crippen molar-refractivity contribution in [3.63, 3.8) is 0 Å². The summed E-state index contributed by atoms with van der Waals surface area (Å²) >= 11 is 5.87. The standard InChI is InChI=1S/C14H11ClN2O4/c15-9-3-1-2-7(4-9)8-5-10(18)12(17-6-8)13(19)11(16)14(20)21/h1-6,11,18H,16H2,(H,20,21). The number of carbonyl (C=O) groups is 2. The lowest BCUT2D eigenvalue weighted by molar-refractivity contribution is -0.137. The largest absolute Gasteiger partial charge is 0.506 e. The number of rotatable bonds is 4. The summed E-state index contributed by atoms with van der Waals surface area (Å²) in [6.45, 7) is 0. The van der Waals surface area contributed by atoms with Gasteiger partial charge in [0.25, 0.3) is 0 Å². The molecule has 7 heteroatoms. The Kier molecular flexibility index (Phi) is 4.21. The van der Waals surface area contributed by atoms with Gasteiger partial charge in [-0.15, -0.1) is 0 Å². The Morgan fingerprint density at radius 3 is 2.52 bits per heavy atom. The van der Waals surface area contributed by atoms with Gasteiger partial charge in [0.05, 0.1) is 0 Å². The average Bonchev–Trinajstić information content (AvgIpc) is 2.45. The molecule has 1 heterocycles. The number of aromatic nitrogens is 1. The molecule has 1 atom stereocenters. The van der Waals surface area contributed by atoms with Crippen molar-refractivity contribution in [3.8, 4) is 16.9 Å². The zero-order valence-corrected chi connectivity index (χ0v) is 11.4. The summed E-state index contributed by atoms with van der Waals surface area (Å²) in [5.41, 5.74) is 6.07. The van der Waals surface area contributed by atoms with E-state index in [0.717, 1.165) is 0 Å². The second-order valence-electron chi connectivity index (χ2n) is 4.28. The lowest BCUT2D eigenvalue weighted by Gasteiger charge is -2.08. The Balaban J connectivity index is 2.38. The van der Waals surface area contributed by atoms with Crippen molar-refractivity contribution >= 4 is 23.4 Å². The maximum Gasteiger partial charge on any atom is 0.328 e. The molecule has 0 aliphatic heterocycles. The minimum absolute atomic E-state index is 0.379. The third-order valence-corrected chi connectivity index (χ3v) is 3.04. The number of Topliss-reactive ketones (excluding diaryl/α,β-unsaturated/α-hetero) is 1. The third kappa shape index (κ3) is 3.18. The molecule has 0 fully saturated rings. The minimum atomic E-state index is -1.76. The normalized spacial score (nSPS) is 11.9. The van der Waals surface area contributed by atoms with Gasteiger partial charge in [-0.05, 0) is 23.8 Å². The number of hydrogen-bond donors (Lipinski definition) is 3. The van der Waals surface area contributed by atoms with Gasteiger partial charge in [0, 0.05) is 16.8 Å². The molecule has 0 spiro atoms. The second-order valence-corrected chi connectivity index (χ2v) is 4.72. The molecule has 1 unspecified atom stereocenters. The molecule has 0 aliphatic carbocycles. The molecule has 21 heavy (non-hydrogen) atoms. The van der Waals surface area contributed by atoms with E-state index < -0.39 is 23.5 Å². The van der Waals surface area contributed by atoms with E-state index in [0.29, 0.717) is 16.1 Å². The molecule has 2 aromatic rings. The van der Waals surface area contributed by atoms with E-state index in [9.17, 15) is 14.7 Å². The van der Waals surface area contributed by atoms with Crippen LogP contribution in [0.4, 0.5) is 0 Å². The number of nitrogens with two attached hydrogens (primary N) is 1. The van der Waals surface area contributed by atoms with Gasteiger partial charge in [-0.3, -0.25) is 9.59 Å². The van der Waals surface area contributed by atoms with Crippen LogP contribution in [0.25, 0.3) is 11.1 Å². The summed E-state index contributed by atoms with van der Waals surface area (Å²) in [6, 6.07) is 6.40. The van der Waals surface area contributed by atoms with Gasteiger partial charge in [-0.25, -0.2) is 4.98 Å². The number of aromatic hydroxyl groups is 1. The van der Waals surface area contributed by atoms with Gasteiger partial charge in [0.15, 0.2) is 6.04 Å². The SMILES string of the molecule is NC(C(=O)O)C(=O)c1ncc(-c2cccc(Cl)c2)cc1O. The van der Waals surface area contributed by atoms with E-state index in [-0.39, 0.29) is 5.69 Å². The predicted octanol–water partition coefficient (Wildman–Crippen LogP) is 1.70. The van der Waals surface area contributed by atoms with Gasteiger partial charge in [0.1, 0.15) is 11.4 Å². The summed E-state index contributed by atoms with van der Waals surface area (Å²) in [5, 5.41) is 19.1. The van der Waals surface area contributed by atoms with Gasteiger partial charge in [-0.1, -0.05) is 23.7 Å². The summed E-state index contributed by atoms with van der Waals surface area (Å²) in [6.07, 6.45) is 1.34. The lowest BCUT2D eigenvalue weighted by atomic mass is 10.0. The van der Waals surface area contributed by atoms with Crippen molar-refractivity contribution in [2.24, 2.45) is 5.73 Å². The van der Waals surface area contributed by atoms with E-state index in [2.05, 4.69) is 4.98 Å².